The molecule has 6 saturated heterocycles. The molecule has 2 aliphatic carbocycles. The minimum Gasteiger partial charge on any atom is -0.389 e. The molecule has 43 heteroatoms. The zero-order valence-electron chi connectivity index (χ0n) is 51.5. The maximum absolute atomic E-state index is 12.0. The van der Waals surface area contributed by atoms with Crippen molar-refractivity contribution in [3.63, 3.8) is 0 Å². The summed E-state index contributed by atoms with van der Waals surface area (Å²) in [6.07, 6.45) is -40.2. The Bertz CT molecular complexity index is 2540. The molecule has 95 heavy (non-hydrogen) atoms. The summed E-state index contributed by atoms with van der Waals surface area (Å²) >= 11 is 0. The first-order valence-electron chi connectivity index (χ1n) is 31.4. The van der Waals surface area contributed by atoms with Crippen LogP contribution in [0.15, 0.2) is 12.4 Å². The second-order valence-corrected chi connectivity index (χ2v) is 25.5. The van der Waals surface area contributed by atoms with Crippen molar-refractivity contribution in [2.45, 2.75) is 272 Å². The lowest BCUT2D eigenvalue weighted by Crippen LogP contribution is -2.68. The Balaban J connectivity index is 0.812. The van der Waals surface area contributed by atoms with Gasteiger partial charge in [-0.05, 0) is 12.8 Å². The Kier molecular flexibility index (Phi) is 24.9. The number of nitrogens with zero attached hydrogens (tertiary/aromatic N) is 6. The zero-order chi connectivity index (χ0) is 68.8. The smallest absolute Gasteiger partial charge is 0.187 e. The van der Waals surface area contributed by atoms with Gasteiger partial charge in [-0.25, -0.2) is 9.36 Å². The number of rotatable bonds is 24. The number of nitrogens with two attached hydrogens (primary N) is 12. The standard InChI is InChI=1S/C52H96N18O25/c53-3-19-31(73)35(77)25(61)47(84-19)90-41-17(59)1-15(57)29(71)45(41)94-51-39(81)43(92-49-27(63)37(79)33(75)21(5-55)86-49)23(88-51)9-69-7-13(65-67-69)11-83-12-14-8-70(68-66-14)10-24-44(93-50-28(64)38(80)34(76)22(6-56)87-50)40(82)52(89-24)95-46-30(72)16(58)2-18(60)42(46)91-48-26(62)36(78)32(74)20(4-54)85-48/h7-8,15-52,71-82H,1-6,9-12,53-64H2/t15-,16-,17?,18?,19?,20?,21+,22+,23-,24-,25?,26?,27?,28?,29?,30?,31?,32?,33?,34?,35-,36-,37?,38?,39?,40?,41?,42?,43?,44?,45-,46-,47-,48-,49-,50-,51+,52+/m1/s1. The van der Waals surface area contributed by atoms with Crippen LogP contribution < -0.4 is 68.8 Å². The predicted molar refractivity (Wildman–Crippen MR) is 311 cm³/mol. The largest absolute Gasteiger partial charge is 0.389 e. The van der Waals surface area contributed by atoms with Crippen molar-refractivity contribution in [1.82, 2.24) is 30.0 Å². The molecule has 38 atom stereocenters. The summed E-state index contributed by atoms with van der Waals surface area (Å²) in [5, 5.41) is 149. The van der Waals surface area contributed by atoms with Gasteiger partial charge in [-0.1, -0.05) is 10.4 Å². The average Bonchev–Trinajstić information content (AvgIpc) is 1.72. The van der Waals surface area contributed by atoms with Gasteiger partial charge in [-0.15, -0.1) is 10.2 Å². The van der Waals surface area contributed by atoms with Crippen molar-refractivity contribution in [2.24, 2.45) is 68.8 Å². The number of aromatic nitrogens is 6. The highest BCUT2D eigenvalue weighted by atomic mass is 16.8. The van der Waals surface area contributed by atoms with E-state index in [9.17, 15) is 61.3 Å². The summed E-state index contributed by atoms with van der Waals surface area (Å²) in [6.45, 7) is -1.77. The Hall–Kier alpha value is -3.20. The lowest BCUT2D eigenvalue weighted by Gasteiger charge is -2.47. The second kappa shape index (κ2) is 31.8. The summed E-state index contributed by atoms with van der Waals surface area (Å²) < 4.78 is 82.0. The highest BCUT2D eigenvalue weighted by Gasteiger charge is 2.58. The number of aliphatic hydroxyl groups excluding tert-OH is 12. The first-order chi connectivity index (χ1) is 45.2. The third-order valence-corrected chi connectivity index (χ3v) is 18.8. The van der Waals surface area contributed by atoms with E-state index >= 15 is 0 Å². The van der Waals surface area contributed by atoms with Crippen molar-refractivity contribution in [3.8, 4) is 0 Å². The molecule has 8 fully saturated rings. The van der Waals surface area contributed by atoms with E-state index in [2.05, 4.69) is 20.6 Å². The van der Waals surface area contributed by atoms with Crippen molar-refractivity contribution < 1.29 is 123 Å². The van der Waals surface area contributed by atoms with Gasteiger partial charge in [0, 0.05) is 50.3 Å². The van der Waals surface area contributed by atoms with Crippen LogP contribution in [0.25, 0.3) is 0 Å². The van der Waals surface area contributed by atoms with Gasteiger partial charge in [-0.2, -0.15) is 0 Å². The molecule has 0 spiro atoms. The molecule has 8 aliphatic rings. The molecule has 0 aromatic carbocycles. The molecule has 0 bridgehead atoms. The lowest BCUT2D eigenvalue weighted by molar-refractivity contribution is -0.306. The molecule has 10 rings (SSSR count). The maximum atomic E-state index is 12.0. The van der Waals surface area contributed by atoms with Gasteiger partial charge < -0.3 is 192 Å². The van der Waals surface area contributed by atoms with Gasteiger partial charge in [0.2, 0.25) is 0 Å². The lowest BCUT2D eigenvalue weighted by atomic mass is 9.84. The van der Waals surface area contributed by atoms with E-state index in [4.69, 9.17) is 130 Å². The molecule has 2 aromatic heterocycles. The van der Waals surface area contributed by atoms with Crippen LogP contribution in [0.3, 0.4) is 0 Å². The first kappa shape index (κ1) is 74.5. The molecule has 544 valence electrons. The van der Waals surface area contributed by atoms with E-state index < -0.39 is 233 Å². The molecule has 36 N–H and O–H groups in total. The van der Waals surface area contributed by atoms with E-state index in [-0.39, 0.29) is 76.7 Å². The van der Waals surface area contributed by atoms with E-state index in [0.29, 0.717) is 0 Å². The minimum absolute atomic E-state index is 0.00310. The zero-order valence-corrected chi connectivity index (χ0v) is 51.5. The van der Waals surface area contributed by atoms with Gasteiger partial charge in [-0.3, -0.25) is 0 Å². The van der Waals surface area contributed by atoms with Gasteiger partial charge in [0.15, 0.2) is 37.7 Å². The summed E-state index contributed by atoms with van der Waals surface area (Å²) in [5.41, 5.74) is 74.5. The molecular formula is C52H96N18O25. The normalized spacial score (nSPS) is 49.1. The fourth-order valence-electron chi connectivity index (χ4n) is 13.1. The number of ether oxygens (including phenoxy) is 13. The Morgan fingerprint density at radius 2 is 0.611 bits per heavy atom. The van der Waals surface area contributed by atoms with E-state index in [1.54, 1.807) is 0 Å². The topological polar surface area (TPSA) is 736 Å². The van der Waals surface area contributed by atoms with Crippen LogP contribution in [0.4, 0.5) is 0 Å². The van der Waals surface area contributed by atoms with Crippen LogP contribution in [-0.2, 0) is 87.9 Å². The average molecular weight is 1370 g/mol. The van der Waals surface area contributed by atoms with Crippen LogP contribution in [0.2, 0.25) is 0 Å². The van der Waals surface area contributed by atoms with Crippen LogP contribution >= 0.6 is 0 Å². The number of hydrogen-bond donors (Lipinski definition) is 24. The number of aliphatic hydroxyl groups is 12. The number of hydrogen-bond acceptors (Lipinski definition) is 41. The van der Waals surface area contributed by atoms with Crippen molar-refractivity contribution >= 4 is 0 Å². The highest BCUT2D eigenvalue weighted by Crippen LogP contribution is 2.38. The maximum Gasteiger partial charge on any atom is 0.187 e. The van der Waals surface area contributed by atoms with Gasteiger partial charge >= 0.3 is 0 Å². The summed E-state index contributed by atoms with van der Waals surface area (Å²) in [6, 6.07) is -9.30. The van der Waals surface area contributed by atoms with Gasteiger partial charge in [0.05, 0.1) is 75.1 Å². The van der Waals surface area contributed by atoms with E-state index in [0.717, 1.165) is 0 Å². The molecule has 0 amide bonds. The Labute approximate surface area is 542 Å². The van der Waals surface area contributed by atoms with Crippen LogP contribution in [0.1, 0.15) is 24.2 Å². The molecule has 6 aliphatic heterocycles. The quantitative estimate of drug-likeness (QED) is 0.0464. The third-order valence-electron chi connectivity index (χ3n) is 18.8. The molecular weight excluding hydrogens is 1280 g/mol. The van der Waals surface area contributed by atoms with Crippen LogP contribution in [0.5, 0.6) is 0 Å². The molecule has 8 heterocycles. The van der Waals surface area contributed by atoms with Gasteiger partial charge in [0.25, 0.3) is 0 Å². The minimum atomic E-state index is -1.74. The fourth-order valence-corrected chi connectivity index (χ4v) is 13.1. The predicted octanol–water partition coefficient (Wildman–Crippen LogP) is -17.2. The molecule has 0 radical (unpaired) electrons. The molecule has 2 saturated carbocycles. The Morgan fingerprint density at radius 3 is 0.905 bits per heavy atom. The summed E-state index contributed by atoms with van der Waals surface area (Å²) in [5.74, 6) is 0. The van der Waals surface area contributed by atoms with Crippen molar-refractivity contribution in [1.29, 1.82) is 0 Å². The molecule has 22 unspecified atom stereocenters. The van der Waals surface area contributed by atoms with Crippen molar-refractivity contribution in [3.05, 3.63) is 23.8 Å². The third kappa shape index (κ3) is 15.8. The van der Waals surface area contributed by atoms with Crippen molar-refractivity contribution in [2.75, 3.05) is 26.2 Å². The summed E-state index contributed by atoms with van der Waals surface area (Å²) in [7, 11) is 0. The van der Waals surface area contributed by atoms with Crippen LogP contribution in [-0.4, -0.2) is 350 Å². The Morgan fingerprint density at radius 1 is 0.337 bits per heavy atom. The van der Waals surface area contributed by atoms with Gasteiger partial charge in [0.1, 0.15) is 146 Å². The van der Waals surface area contributed by atoms with E-state index in [1.807, 2.05) is 0 Å². The first-order valence-corrected chi connectivity index (χ1v) is 31.4. The SMILES string of the molecule is NCC1O[C@H](OC2C(N)C[C@@H](N)C(O)[C@H]2O[C@@H]2O[C@H](Cn3cc(COCc4cn(C[C@H]5O[C@@H](O[C@H]6C(O[C@H]7OC(CN)C(O)[C@H](O)C7N)C(N)C[C@@H](N)C6O)C(O)C5O[C@H]5O[C@@H](CN)C(O)C(O)C5N)nn4)nn3)C(O[C@H]3O[C@@H](CN)C(O)C(O)C3N)C2O)C(N)[C@@H](O)C1O. The molecule has 2 aromatic rings. The van der Waals surface area contributed by atoms with E-state index in [1.165, 1.54) is 21.8 Å². The van der Waals surface area contributed by atoms with Crippen LogP contribution in [0, 0.1) is 0 Å². The molecule has 43 nitrogen and oxygen atoms in total. The summed E-state index contributed by atoms with van der Waals surface area (Å²) in [4.78, 5) is 0. The monoisotopic (exact) mass is 1370 g/mol. The highest BCUT2D eigenvalue weighted by molar-refractivity contribution is 5.06. The second-order valence-electron chi connectivity index (χ2n) is 25.5. The fraction of sp³-hybridized carbons (Fsp3) is 0.923.